The van der Waals surface area contributed by atoms with Crippen LogP contribution in [0.5, 0.6) is 12.0 Å². The molecule has 0 aromatic carbocycles. The second kappa shape index (κ2) is 9.72. The lowest BCUT2D eigenvalue weighted by molar-refractivity contribution is -0.144. The third-order valence-corrected chi connectivity index (χ3v) is 6.08. The van der Waals surface area contributed by atoms with Gasteiger partial charge in [-0.25, -0.2) is 13.2 Å². The molecule has 1 aliphatic heterocycles. The predicted octanol–water partition coefficient (Wildman–Crippen LogP) is 0.877. The van der Waals surface area contributed by atoms with Crippen LogP contribution in [0.15, 0.2) is 9.63 Å². The number of anilines is 1. The number of methoxy groups -OCH3 is 2. The first kappa shape index (κ1) is 21.2. The van der Waals surface area contributed by atoms with E-state index in [1.165, 1.54) is 19.3 Å². The number of thioether (sulfide) groups is 1. The van der Waals surface area contributed by atoms with E-state index in [1.54, 1.807) is 0 Å². The molecule has 1 N–H and O–H groups in total. The highest BCUT2D eigenvalue weighted by atomic mass is 32.3. The number of hydrogen-bond donors (Lipinski definition) is 1. The molecule has 0 saturated carbocycles. The molecule has 1 saturated heterocycles. The van der Waals surface area contributed by atoms with Crippen LogP contribution in [-0.2, 0) is 14.9 Å². The molecule has 2 rings (SSSR count). The van der Waals surface area contributed by atoms with Crippen LogP contribution in [0.1, 0.15) is 13.3 Å². The molecule has 1 unspecified atom stereocenters. The van der Waals surface area contributed by atoms with Gasteiger partial charge < -0.3 is 9.47 Å². The van der Waals surface area contributed by atoms with Gasteiger partial charge in [0.25, 0.3) is 10.0 Å². The Morgan fingerprint density at radius 2 is 1.96 bits per heavy atom. The summed E-state index contributed by atoms with van der Waals surface area (Å²) in [4.78, 5) is 28.5. The van der Waals surface area contributed by atoms with Crippen LogP contribution in [0.4, 0.5) is 10.7 Å². The summed E-state index contributed by atoms with van der Waals surface area (Å²) in [6.07, 6.45) is 0.733. The van der Waals surface area contributed by atoms with Crippen LogP contribution in [0.25, 0.3) is 0 Å². The van der Waals surface area contributed by atoms with Gasteiger partial charge in [0.15, 0.2) is 0 Å². The first-order valence-corrected chi connectivity index (χ1v) is 10.3. The number of hydroxylamine groups is 2. The summed E-state index contributed by atoms with van der Waals surface area (Å²) in [6.45, 7) is 2.72. The molecule has 27 heavy (non-hydrogen) atoms. The van der Waals surface area contributed by atoms with Crippen LogP contribution < -0.4 is 14.8 Å². The van der Waals surface area contributed by atoms with Crippen molar-refractivity contribution >= 4 is 33.8 Å². The molecule has 1 atom stereocenters. The average molecular weight is 421 g/mol. The number of ether oxygens (including phenoxy) is 2. The van der Waals surface area contributed by atoms with Gasteiger partial charge >= 0.3 is 18.1 Å². The van der Waals surface area contributed by atoms with Crippen LogP contribution in [0, 0.1) is 0 Å². The summed E-state index contributed by atoms with van der Waals surface area (Å²) >= 11 is 1.13. The summed E-state index contributed by atoms with van der Waals surface area (Å²) < 4.78 is 36.4. The van der Waals surface area contributed by atoms with Crippen molar-refractivity contribution in [1.29, 1.82) is 0 Å². The molecular formula is C12H19N7O6S2. The number of carbonyl (C=O) groups excluding carboxylic acids is 1. The molecular weight excluding hydrogens is 402 g/mol. The summed E-state index contributed by atoms with van der Waals surface area (Å²) in [7, 11) is -1.46. The number of aromatic nitrogens is 3. The quantitative estimate of drug-likeness (QED) is 0.594. The monoisotopic (exact) mass is 421 g/mol. The minimum Gasteiger partial charge on any atom is -0.467 e. The molecule has 13 nitrogen and oxygen atoms in total. The number of sulfonamides is 1. The van der Waals surface area contributed by atoms with Crippen molar-refractivity contribution < 1.29 is 27.5 Å². The van der Waals surface area contributed by atoms with Gasteiger partial charge in [-0.3, -0.25) is 10.2 Å². The molecule has 0 bridgehead atoms. The van der Waals surface area contributed by atoms with E-state index in [-0.39, 0.29) is 18.0 Å². The third-order valence-electron chi connectivity index (χ3n) is 2.95. The van der Waals surface area contributed by atoms with Crippen LogP contribution in [-0.4, -0.2) is 72.3 Å². The maximum atomic E-state index is 12.3. The Kier molecular flexibility index (Phi) is 7.64. The standard InChI is InChI=1S/C12H19N7O6S2/c1-4-6-25-19-5-7-26-12(19)27(21,22)18-17-9(20)13-8-14-10(23-2)16-11(15-8)24-3/h12H,4-7H2,1-3H3,(H,13,14,15,16,20). The molecule has 0 spiro atoms. The topological polar surface area (TPSA) is 158 Å². The Balaban J connectivity index is 2.05. The minimum atomic E-state index is -4.09. The second-order valence-electron chi connectivity index (χ2n) is 4.91. The summed E-state index contributed by atoms with van der Waals surface area (Å²) in [5.41, 5.74) is 0. The van der Waals surface area contributed by atoms with Crippen molar-refractivity contribution in [1.82, 2.24) is 20.0 Å². The number of nitrogens with one attached hydrogen (secondary N) is 1. The van der Waals surface area contributed by atoms with Crippen LogP contribution in [0.2, 0.25) is 0 Å². The van der Waals surface area contributed by atoms with Crippen molar-refractivity contribution in [2.45, 2.75) is 18.1 Å². The van der Waals surface area contributed by atoms with E-state index in [0.29, 0.717) is 18.9 Å². The Bertz CT molecular complexity index is 768. The van der Waals surface area contributed by atoms with Gasteiger partial charge in [0.05, 0.1) is 20.8 Å². The fraction of sp³-hybridized carbons (Fsp3) is 0.667. The third kappa shape index (κ3) is 5.95. The molecule has 1 aromatic heterocycles. The van der Waals surface area contributed by atoms with Crippen molar-refractivity contribution in [2.75, 3.05) is 38.4 Å². The summed E-state index contributed by atoms with van der Waals surface area (Å²) in [5, 5.41) is 6.65. The Labute approximate surface area is 159 Å². The number of rotatable bonds is 8. The van der Waals surface area contributed by atoms with Crippen molar-refractivity contribution in [3.05, 3.63) is 0 Å². The molecule has 1 aromatic rings. The van der Waals surface area contributed by atoms with Crippen molar-refractivity contribution in [2.24, 2.45) is 9.63 Å². The maximum absolute atomic E-state index is 12.3. The minimum absolute atomic E-state index is 0.104. The molecule has 0 aliphatic carbocycles. The maximum Gasteiger partial charge on any atom is 0.367 e. The predicted molar refractivity (Wildman–Crippen MR) is 94.9 cm³/mol. The molecule has 150 valence electrons. The lowest BCUT2D eigenvalue weighted by Gasteiger charge is -2.19. The number of amides is 2. The number of nitrogens with zero attached hydrogens (tertiary/aromatic N) is 6. The van der Waals surface area contributed by atoms with E-state index in [1.807, 2.05) is 6.92 Å². The van der Waals surface area contributed by atoms with Gasteiger partial charge in [-0.2, -0.15) is 15.0 Å². The van der Waals surface area contributed by atoms with Gasteiger partial charge in [0.1, 0.15) is 0 Å². The summed E-state index contributed by atoms with van der Waals surface area (Å²) in [6, 6.07) is -1.29. The largest absolute Gasteiger partial charge is 0.467 e. The fourth-order valence-electron chi connectivity index (χ4n) is 1.83. The van der Waals surface area contributed by atoms with Gasteiger partial charge in [-0.15, -0.1) is 16.7 Å². The van der Waals surface area contributed by atoms with Gasteiger partial charge in [-0.1, -0.05) is 16.6 Å². The van der Waals surface area contributed by atoms with E-state index < -0.39 is 20.8 Å². The molecule has 1 fully saturated rings. The zero-order chi connectivity index (χ0) is 19.9. The highest BCUT2D eigenvalue weighted by Crippen LogP contribution is 2.29. The highest BCUT2D eigenvalue weighted by Gasteiger charge is 2.37. The van der Waals surface area contributed by atoms with Gasteiger partial charge in [0, 0.05) is 12.3 Å². The lowest BCUT2D eigenvalue weighted by Crippen LogP contribution is -2.34. The number of hydrogen-bond acceptors (Lipinski definition) is 11. The smallest absolute Gasteiger partial charge is 0.367 e. The van der Waals surface area contributed by atoms with Crippen LogP contribution in [0.3, 0.4) is 0 Å². The lowest BCUT2D eigenvalue weighted by atomic mass is 10.5. The normalized spacial score (nSPS) is 18.0. The van der Waals surface area contributed by atoms with E-state index in [4.69, 9.17) is 14.3 Å². The first-order chi connectivity index (χ1) is 12.9. The Morgan fingerprint density at radius 1 is 1.30 bits per heavy atom. The molecule has 15 heteroatoms. The molecule has 2 amide bonds. The van der Waals surface area contributed by atoms with E-state index in [2.05, 4.69) is 29.9 Å². The second-order valence-corrected chi connectivity index (χ2v) is 8.04. The van der Waals surface area contributed by atoms with Crippen molar-refractivity contribution in [3.63, 3.8) is 0 Å². The number of urea groups is 1. The SMILES string of the molecule is CCCON1CCSC1S(=O)(=O)N=NC(=O)Nc1nc(OC)nc(OC)n1. The van der Waals surface area contributed by atoms with E-state index in [9.17, 15) is 13.2 Å². The van der Waals surface area contributed by atoms with Crippen molar-refractivity contribution in [3.8, 4) is 12.0 Å². The summed E-state index contributed by atoms with van der Waals surface area (Å²) in [5.74, 6) is 0.322. The molecule has 2 heterocycles. The first-order valence-electron chi connectivity index (χ1n) is 7.72. The van der Waals surface area contributed by atoms with Gasteiger partial charge in [0.2, 0.25) is 10.7 Å². The zero-order valence-electron chi connectivity index (χ0n) is 14.9. The average Bonchev–Trinajstić information content (AvgIpc) is 3.14. The molecule has 0 radical (unpaired) electrons. The molecule has 1 aliphatic rings. The highest BCUT2D eigenvalue weighted by molar-refractivity contribution is 8.13. The Hall–Kier alpha value is -2.10. The number of carbonyl (C=O) groups is 1. The zero-order valence-corrected chi connectivity index (χ0v) is 16.5. The Morgan fingerprint density at radius 3 is 2.56 bits per heavy atom. The fourth-order valence-corrected chi connectivity index (χ4v) is 4.48. The van der Waals surface area contributed by atoms with Crippen LogP contribution >= 0.6 is 11.8 Å². The van der Waals surface area contributed by atoms with E-state index >= 15 is 0 Å². The van der Waals surface area contributed by atoms with Gasteiger partial charge in [-0.05, 0) is 6.42 Å². The van der Waals surface area contributed by atoms with E-state index in [0.717, 1.165) is 18.2 Å².